The molecule has 6 nitrogen and oxygen atoms in total. The summed E-state index contributed by atoms with van der Waals surface area (Å²) >= 11 is 0. The van der Waals surface area contributed by atoms with Gasteiger partial charge in [0.15, 0.2) is 0 Å². The summed E-state index contributed by atoms with van der Waals surface area (Å²) in [6.07, 6.45) is 3.80. The molecule has 0 unspecified atom stereocenters. The molecular weight excluding hydrogens is 316 g/mol. The van der Waals surface area contributed by atoms with Gasteiger partial charge < -0.3 is 15.0 Å². The minimum absolute atomic E-state index is 0.0766. The van der Waals surface area contributed by atoms with E-state index in [2.05, 4.69) is 29.5 Å². The Hall–Kier alpha value is -2.34. The van der Waals surface area contributed by atoms with Crippen LogP contribution in [0.2, 0.25) is 0 Å². The van der Waals surface area contributed by atoms with E-state index in [1.165, 1.54) is 5.56 Å². The second kappa shape index (κ2) is 7.70. The number of carbonyl (C=O) groups excluding carboxylic acids is 1. The predicted molar refractivity (Wildman–Crippen MR) is 97.3 cm³/mol. The lowest BCUT2D eigenvalue weighted by atomic mass is 10.1. The molecule has 1 aromatic carbocycles. The molecule has 1 saturated heterocycles. The lowest BCUT2D eigenvalue weighted by Gasteiger charge is -2.35. The number of ether oxygens (including phenoxy) is 1. The van der Waals surface area contributed by atoms with Crippen molar-refractivity contribution in [3.8, 4) is 0 Å². The summed E-state index contributed by atoms with van der Waals surface area (Å²) in [6.45, 7) is 7.63. The highest BCUT2D eigenvalue weighted by molar-refractivity contribution is 5.76. The Morgan fingerprint density at radius 2 is 1.96 bits per heavy atom. The Bertz CT molecular complexity index is 690. The zero-order valence-electron chi connectivity index (χ0n) is 15.1. The van der Waals surface area contributed by atoms with Crippen molar-refractivity contribution in [1.82, 2.24) is 14.7 Å². The molecule has 1 N–H and O–H groups in total. The summed E-state index contributed by atoms with van der Waals surface area (Å²) in [5.74, 6) is 0.0766. The molecule has 6 heteroatoms. The van der Waals surface area contributed by atoms with Crippen LogP contribution in [-0.4, -0.2) is 45.9 Å². The Labute approximate surface area is 148 Å². The average molecular weight is 342 g/mol. The van der Waals surface area contributed by atoms with E-state index >= 15 is 0 Å². The van der Waals surface area contributed by atoms with Gasteiger partial charge in [0, 0.05) is 25.3 Å². The van der Waals surface area contributed by atoms with Gasteiger partial charge >= 0.3 is 0 Å². The molecule has 0 radical (unpaired) electrons. The van der Waals surface area contributed by atoms with E-state index in [0.29, 0.717) is 13.1 Å². The zero-order chi connectivity index (χ0) is 17.8. The molecule has 1 amide bonds. The van der Waals surface area contributed by atoms with Crippen LogP contribution in [-0.2, 0) is 16.1 Å². The van der Waals surface area contributed by atoms with Crippen molar-refractivity contribution >= 4 is 11.6 Å². The molecule has 2 aromatic rings. The Kier molecular flexibility index (Phi) is 5.38. The number of morpholine rings is 1. The van der Waals surface area contributed by atoms with Gasteiger partial charge in [0.25, 0.3) is 0 Å². The van der Waals surface area contributed by atoms with Gasteiger partial charge in [-0.25, -0.2) is 0 Å². The Balaban J connectivity index is 1.57. The molecule has 1 fully saturated rings. The van der Waals surface area contributed by atoms with E-state index in [0.717, 1.165) is 5.69 Å². The average Bonchev–Trinajstić information content (AvgIpc) is 3.01. The third-order valence-electron chi connectivity index (χ3n) is 4.39. The van der Waals surface area contributed by atoms with Gasteiger partial charge in [-0.05, 0) is 26.3 Å². The molecule has 2 heterocycles. The van der Waals surface area contributed by atoms with Gasteiger partial charge in [0.1, 0.15) is 6.54 Å². The van der Waals surface area contributed by atoms with Crippen molar-refractivity contribution in [3.63, 3.8) is 0 Å². The fourth-order valence-corrected chi connectivity index (χ4v) is 3.22. The lowest BCUT2D eigenvalue weighted by Crippen LogP contribution is -2.49. The summed E-state index contributed by atoms with van der Waals surface area (Å²) in [5, 5.41) is 7.73. The maximum absolute atomic E-state index is 12.5. The summed E-state index contributed by atoms with van der Waals surface area (Å²) in [6, 6.07) is 10.4. The van der Waals surface area contributed by atoms with Gasteiger partial charge in [-0.15, -0.1) is 0 Å². The first-order valence-corrected chi connectivity index (χ1v) is 8.78. The van der Waals surface area contributed by atoms with Crippen LogP contribution in [0.15, 0.2) is 42.7 Å². The van der Waals surface area contributed by atoms with Crippen molar-refractivity contribution in [2.24, 2.45) is 0 Å². The van der Waals surface area contributed by atoms with E-state index in [4.69, 9.17) is 4.74 Å². The van der Waals surface area contributed by atoms with Gasteiger partial charge in [0.05, 0.1) is 24.1 Å². The SMILES string of the molecule is C[C@@H]1CN(C(=O)Cn2cc(N[C@@H](C)c3ccccc3)cn2)C[C@@H](C)O1. The molecule has 3 rings (SSSR count). The van der Waals surface area contributed by atoms with E-state index in [1.807, 2.05) is 43.1 Å². The molecule has 25 heavy (non-hydrogen) atoms. The number of amides is 1. The van der Waals surface area contributed by atoms with Gasteiger partial charge in [-0.2, -0.15) is 5.10 Å². The van der Waals surface area contributed by atoms with Crippen LogP contribution in [0.1, 0.15) is 32.4 Å². The standard InChI is InChI=1S/C19H26N4O2/c1-14-10-22(11-15(2)25-14)19(24)13-23-12-18(9-20-23)21-16(3)17-7-5-4-6-8-17/h4-9,12,14-16,21H,10-11,13H2,1-3H3/t14-,15-,16+/m1/s1. The maximum atomic E-state index is 12.5. The molecule has 0 aliphatic carbocycles. The Morgan fingerprint density at radius 1 is 1.28 bits per heavy atom. The summed E-state index contributed by atoms with van der Waals surface area (Å²) in [4.78, 5) is 14.4. The highest BCUT2D eigenvalue weighted by atomic mass is 16.5. The molecule has 0 saturated carbocycles. The van der Waals surface area contributed by atoms with Crippen molar-refractivity contribution in [1.29, 1.82) is 0 Å². The van der Waals surface area contributed by atoms with E-state index in [9.17, 15) is 4.79 Å². The van der Waals surface area contributed by atoms with E-state index in [1.54, 1.807) is 10.9 Å². The number of nitrogens with one attached hydrogen (secondary N) is 1. The molecule has 134 valence electrons. The minimum Gasteiger partial charge on any atom is -0.376 e. The molecule has 1 aromatic heterocycles. The monoisotopic (exact) mass is 342 g/mol. The van der Waals surface area contributed by atoms with Crippen LogP contribution < -0.4 is 5.32 Å². The number of hydrogen-bond acceptors (Lipinski definition) is 4. The number of aromatic nitrogens is 2. The van der Waals surface area contributed by atoms with Crippen molar-refractivity contribution < 1.29 is 9.53 Å². The first-order chi connectivity index (χ1) is 12.0. The second-order valence-electron chi connectivity index (χ2n) is 6.76. The van der Waals surface area contributed by atoms with Crippen LogP contribution in [0.4, 0.5) is 5.69 Å². The van der Waals surface area contributed by atoms with Crippen LogP contribution in [0.5, 0.6) is 0 Å². The van der Waals surface area contributed by atoms with Gasteiger partial charge in [0.2, 0.25) is 5.91 Å². The summed E-state index contributed by atoms with van der Waals surface area (Å²) in [7, 11) is 0. The predicted octanol–water partition coefficient (Wildman–Crippen LogP) is 2.69. The first kappa shape index (κ1) is 17.5. The van der Waals surface area contributed by atoms with Gasteiger partial charge in [-0.3, -0.25) is 9.48 Å². The number of hydrogen-bond donors (Lipinski definition) is 1. The number of carbonyl (C=O) groups is 1. The summed E-state index contributed by atoms with van der Waals surface area (Å²) < 4.78 is 7.37. The number of rotatable bonds is 5. The minimum atomic E-state index is 0.0766. The fraction of sp³-hybridized carbons (Fsp3) is 0.474. The zero-order valence-corrected chi connectivity index (χ0v) is 15.1. The lowest BCUT2D eigenvalue weighted by molar-refractivity contribution is -0.144. The fourth-order valence-electron chi connectivity index (χ4n) is 3.22. The topological polar surface area (TPSA) is 59.4 Å². The smallest absolute Gasteiger partial charge is 0.244 e. The number of anilines is 1. The van der Waals surface area contributed by atoms with Crippen molar-refractivity contribution in [2.45, 2.75) is 45.6 Å². The van der Waals surface area contributed by atoms with Gasteiger partial charge in [-0.1, -0.05) is 30.3 Å². The van der Waals surface area contributed by atoms with E-state index < -0.39 is 0 Å². The van der Waals surface area contributed by atoms with Crippen LogP contribution in [0.3, 0.4) is 0 Å². The molecule has 3 atom stereocenters. The molecule has 0 spiro atoms. The van der Waals surface area contributed by atoms with Crippen LogP contribution in [0.25, 0.3) is 0 Å². The normalized spacial score (nSPS) is 21.8. The first-order valence-electron chi connectivity index (χ1n) is 8.78. The third-order valence-corrected chi connectivity index (χ3v) is 4.39. The summed E-state index contributed by atoms with van der Waals surface area (Å²) in [5.41, 5.74) is 2.12. The van der Waals surface area contributed by atoms with Crippen molar-refractivity contribution in [3.05, 3.63) is 48.3 Å². The largest absolute Gasteiger partial charge is 0.376 e. The number of benzene rings is 1. The van der Waals surface area contributed by atoms with E-state index in [-0.39, 0.29) is 30.7 Å². The number of nitrogens with zero attached hydrogens (tertiary/aromatic N) is 3. The molecule has 1 aliphatic heterocycles. The highest BCUT2D eigenvalue weighted by Gasteiger charge is 2.26. The highest BCUT2D eigenvalue weighted by Crippen LogP contribution is 2.18. The quantitative estimate of drug-likeness (QED) is 0.908. The molecular formula is C19H26N4O2. The Morgan fingerprint density at radius 3 is 2.64 bits per heavy atom. The van der Waals surface area contributed by atoms with Crippen LogP contribution >= 0.6 is 0 Å². The molecule has 1 aliphatic rings. The third kappa shape index (κ3) is 4.60. The second-order valence-corrected chi connectivity index (χ2v) is 6.76. The van der Waals surface area contributed by atoms with Crippen molar-refractivity contribution in [2.75, 3.05) is 18.4 Å². The molecule has 0 bridgehead atoms. The van der Waals surface area contributed by atoms with Crippen LogP contribution in [0, 0.1) is 0 Å². The maximum Gasteiger partial charge on any atom is 0.244 e.